The molecule has 1 fully saturated rings. The molecule has 1 heterocycles. The molecule has 0 amide bonds. The van der Waals surface area contributed by atoms with Crippen molar-refractivity contribution >= 4 is 21.6 Å². The van der Waals surface area contributed by atoms with Crippen LogP contribution >= 0.6 is 15.9 Å². The minimum absolute atomic E-state index is 0.205. The first-order chi connectivity index (χ1) is 7.98. The zero-order chi connectivity index (χ0) is 12.5. The van der Waals surface area contributed by atoms with E-state index in [0.717, 1.165) is 0 Å². The predicted octanol–water partition coefficient (Wildman–Crippen LogP) is 4.74. The standard InChI is InChI=1S/C15H22BrN/c1-15(2,3)13-11-12(16)7-8-14(13)17-9-5-4-6-10-17/h7-8,11H,4-6,9-10H2,1-3H3. The Kier molecular flexibility index (Phi) is 3.82. The van der Waals surface area contributed by atoms with E-state index < -0.39 is 0 Å². The summed E-state index contributed by atoms with van der Waals surface area (Å²) in [4.78, 5) is 2.55. The van der Waals surface area contributed by atoms with Crippen molar-refractivity contribution in [3.63, 3.8) is 0 Å². The third-order valence-corrected chi connectivity index (χ3v) is 3.96. The van der Waals surface area contributed by atoms with Gasteiger partial charge >= 0.3 is 0 Å². The second kappa shape index (κ2) is 5.01. The zero-order valence-corrected chi connectivity index (χ0v) is 12.7. The van der Waals surface area contributed by atoms with Crippen molar-refractivity contribution in [2.75, 3.05) is 18.0 Å². The van der Waals surface area contributed by atoms with Gasteiger partial charge in [-0.15, -0.1) is 0 Å². The van der Waals surface area contributed by atoms with E-state index >= 15 is 0 Å². The normalized spacial score (nSPS) is 17.3. The molecule has 2 rings (SSSR count). The van der Waals surface area contributed by atoms with Crippen molar-refractivity contribution in [2.45, 2.75) is 45.4 Å². The molecule has 0 radical (unpaired) electrons. The van der Waals surface area contributed by atoms with E-state index in [1.165, 1.54) is 48.1 Å². The molecule has 0 bridgehead atoms. The average molecular weight is 296 g/mol. The van der Waals surface area contributed by atoms with Crippen LogP contribution in [0, 0.1) is 0 Å². The number of nitrogens with zero attached hydrogens (tertiary/aromatic N) is 1. The Morgan fingerprint density at radius 2 is 1.71 bits per heavy atom. The second-order valence-electron chi connectivity index (χ2n) is 5.96. The van der Waals surface area contributed by atoms with Gasteiger partial charge in [-0.3, -0.25) is 0 Å². The lowest BCUT2D eigenvalue weighted by Crippen LogP contribution is -2.31. The summed E-state index contributed by atoms with van der Waals surface area (Å²) in [5.41, 5.74) is 3.09. The highest BCUT2D eigenvalue weighted by atomic mass is 79.9. The molecule has 17 heavy (non-hydrogen) atoms. The van der Waals surface area contributed by atoms with Gasteiger partial charge in [0.05, 0.1) is 0 Å². The van der Waals surface area contributed by atoms with Gasteiger partial charge in [0.2, 0.25) is 0 Å². The second-order valence-corrected chi connectivity index (χ2v) is 6.87. The van der Waals surface area contributed by atoms with E-state index in [1.807, 2.05) is 0 Å². The van der Waals surface area contributed by atoms with Gasteiger partial charge in [0.25, 0.3) is 0 Å². The minimum atomic E-state index is 0.205. The average Bonchev–Trinajstić information content (AvgIpc) is 2.29. The molecule has 0 N–H and O–H groups in total. The van der Waals surface area contributed by atoms with Crippen LogP contribution in [0.5, 0.6) is 0 Å². The molecule has 1 aromatic rings. The summed E-state index contributed by atoms with van der Waals surface area (Å²) in [6.07, 6.45) is 4.05. The van der Waals surface area contributed by atoms with Gasteiger partial charge in [-0.1, -0.05) is 36.7 Å². The van der Waals surface area contributed by atoms with Crippen molar-refractivity contribution in [1.29, 1.82) is 0 Å². The van der Waals surface area contributed by atoms with Crippen molar-refractivity contribution in [1.82, 2.24) is 0 Å². The molecule has 1 aromatic carbocycles. The van der Waals surface area contributed by atoms with Crippen molar-refractivity contribution < 1.29 is 0 Å². The molecule has 0 spiro atoms. The van der Waals surface area contributed by atoms with Crippen LogP contribution in [0.4, 0.5) is 5.69 Å². The van der Waals surface area contributed by atoms with Crippen molar-refractivity contribution in [3.05, 3.63) is 28.2 Å². The van der Waals surface area contributed by atoms with Crippen LogP contribution in [0.3, 0.4) is 0 Å². The lowest BCUT2D eigenvalue weighted by atomic mass is 9.85. The first-order valence-electron chi connectivity index (χ1n) is 6.53. The van der Waals surface area contributed by atoms with Gasteiger partial charge in [-0.05, 0) is 48.4 Å². The van der Waals surface area contributed by atoms with E-state index in [9.17, 15) is 0 Å². The Labute approximate surface area is 113 Å². The number of rotatable bonds is 1. The zero-order valence-electron chi connectivity index (χ0n) is 11.1. The summed E-state index contributed by atoms with van der Waals surface area (Å²) in [6, 6.07) is 6.72. The molecule has 94 valence electrons. The molecule has 1 nitrogen and oxygen atoms in total. The topological polar surface area (TPSA) is 3.24 Å². The summed E-state index contributed by atoms with van der Waals surface area (Å²) in [7, 11) is 0. The molecular weight excluding hydrogens is 274 g/mol. The summed E-state index contributed by atoms with van der Waals surface area (Å²) >= 11 is 3.59. The predicted molar refractivity (Wildman–Crippen MR) is 78.9 cm³/mol. The Hall–Kier alpha value is -0.500. The molecule has 0 saturated carbocycles. The van der Waals surface area contributed by atoms with Gasteiger partial charge < -0.3 is 4.90 Å². The molecule has 1 aliphatic rings. The Morgan fingerprint density at radius 3 is 2.29 bits per heavy atom. The molecule has 1 saturated heterocycles. The Morgan fingerprint density at radius 1 is 1.06 bits per heavy atom. The number of hydrogen-bond acceptors (Lipinski definition) is 1. The molecule has 1 aliphatic heterocycles. The van der Waals surface area contributed by atoms with E-state index in [2.05, 4.69) is 59.8 Å². The van der Waals surface area contributed by atoms with Gasteiger partial charge in [0.1, 0.15) is 0 Å². The van der Waals surface area contributed by atoms with Gasteiger partial charge in [0, 0.05) is 23.2 Å². The van der Waals surface area contributed by atoms with Crippen LogP contribution in [0.15, 0.2) is 22.7 Å². The fourth-order valence-electron chi connectivity index (χ4n) is 2.52. The van der Waals surface area contributed by atoms with E-state index in [-0.39, 0.29) is 5.41 Å². The minimum Gasteiger partial charge on any atom is -0.371 e. The fraction of sp³-hybridized carbons (Fsp3) is 0.600. The SMILES string of the molecule is CC(C)(C)c1cc(Br)ccc1N1CCCCC1. The van der Waals surface area contributed by atoms with E-state index in [4.69, 9.17) is 0 Å². The van der Waals surface area contributed by atoms with Crippen LogP contribution in [-0.4, -0.2) is 13.1 Å². The molecule has 0 aliphatic carbocycles. The first-order valence-corrected chi connectivity index (χ1v) is 7.33. The molecular formula is C15H22BrN. The lowest BCUT2D eigenvalue weighted by Gasteiger charge is -2.34. The van der Waals surface area contributed by atoms with Crippen LogP contribution in [0.2, 0.25) is 0 Å². The largest absolute Gasteiger partial charge is 0.371 e. The highest BCUT2D eigenvalue weighted by Gasteiger charge is 2.22. The third-order valence-electron chi connectivity index (χ3n) is 3.46. The molecule has 0 atom stereocenters. The smallest absolute Gasteiger partial charge is 0.0404 e. The number of anilines is 1. The van der Waals surface area contributed by atoms with Gasteiger partial charge in [-0.2, -0.15) is 0 Å². The van der Waals surface area contributed by atoms with Crippen LogP contribution in [-0.2, 0) is 5.41 Å². The van der Waals surface area contributed by atoms with Gasteiger partial charge in [-0.25, -0.2) is 0 Å². The highest BCUT2D eigenvalue weighted by molar-refractivity contribution is 9.10. The summed E-state index contributed by atoms with van der Waals surface area (Å²) < 4.78 is 1.18. The highest BCUT2D eigenvalue weighted by Crippen LogP contribution is 2.35. The fourth-order valence-corrected chi connectivity index (χ4v) is 2.88. The lowest BCUT2D eigenvalue weighted by molar-refractivity contribution is 0.556. The van der Waals surface area contributed by atoms with Crippen LogP contribution in [0.25, 0.3) is 0 Å². The summed E-state index contributed by atoms with van der Waals surface area (Å²) in [5.74, 6) is 0. The number of halogens is 1. The number of piperidine rings is 1. The molecule has 2 heteroatoms. The maximum Gasteiger partial charge on any atom is 0.0404 e. The monoisotopic (exact) mass is 295 g/mol. The Bertz CT molecular complexity index is 386. The van der Waals surface area contributed by atoms with Crippen LogP contribution < -0.4 is 4.90 Å². The molecule has 0 aromatic heterocycles. The number of hydrogen-bond donors (Lipinski definition) is 0. The molecule has 0 unspecified atom stereocenters. The first kappa shape index (κ1) is 12.9. The summed E-state index contributed by atoms with van der Waals surface area (Å²) in [5, 5.41) is 0. The quantitative estimate of drug-likeness (QED) is 0.723. The maximum atomic E-state index is 3.59. The van der Waals surface area contributed by atoms with E-state index in [0.29, 0.717) is 0 Å². The van der Waals surface area contributed by atoms with E-state index in [1.54, 1.807) is 0 Å². The van der Waals surface area contributed by atoms with Crippen molar-refractivity contribution in [2.24, 2.45) is 0 Å². The third kappa shape index (κ3) is 3.04. The summed E-state index contributed by atoms with van der Waals surface area (Å²) in [6.45, 7) is 9.31. The number of benzene rings is 1. The maximum absolute atomic E-state index is 3.59. The van der Waals surface area contributed by atoms with Crippen LogP contribution in [0.1, 0.15) is 45.6 Å². The Balaban J connectivity index is 2.38. The van der Waals surface area contributed by atoms with Crippen molar-refractivity contribution in [3.8, 4) is 0 Å². The van der Waals surface area contributed by atoms with Gasteiger partial charge in [0.15, 0.2) is 0 Å².